The largest absolute Gasteiger partial charge is 0.507 e. The number of aromatic hydroxyl groups is 1. The smallest absolute Gasteiger partial charge is 0.226 e. The van der Waals surface area contributed by atoms with Gasteiger partial charge in [-0.2, -0.15) is 9.97 Å². The molecule has 0 amide bonds. The van der Waals surface area contributed by atoms with E-state index in [1.807, 2.05) is 43.5 Å². The highest BCUT2D eigenvalue weighted by molar-refractivity contribution is 5.84. The predicted octanol–water partition coefficient (Wildman–Crippen LogP) is 2.23. The zero-order valence-electron chi connectivity index (χ0n) is 15.3. The number of aromatic nitrogens is 4. The molecule has 3 aromatic rings. The normalized spacial score (nSPS) is 12.3. The molecule has 1 unspecified atom stereocenters. The summed E-state index contributed by atoms with van der Waals surface area (Å²) >= 11 is 0. The molecular weight excluding hydrogens is 330 g/mol. The lowest BCUT2D eigenvalue weighted by molar-refractivity contribution is 0.465. The molecule has 5 N–H and O–H groups in total. The molecule has 138 valence electrons. The molecule has 1 aromatic carbocycles. The number of fused-ring (bicyclic) bond motifs is 1. The van der Waals surface area contributed by atoms with E-state index in [4.69, 9.17) is 5.73 Å². The van der Waals surface area contributed by atoms with Gasteiger partial charge < -0.3 is 26.0 Å². The summed E-state index contributed by atoms with van der Waals surface area (Å²) in [7, 11) is 0. The lowest BCUT2D eigenvalue weighted by atomic mass is 10.1. The van der Waals surface area contributed by atoms with Crippen LogP contribution < -0.4 is 16.4 Å². The maximum absolute atomic E-state index is 10.2. The van der Waals surface area contributed by atoms with E-state index in [1.165, 1.54) is 0 Å². The predicted molar refractivity (Wildman–Crippen MR) is 103 cm³/mol. The van der Waals surface area contributed by atoms with Crippen LogP contribution >= 0.6 is 0 Å². The van der Waals surface area contributed by atoms with Crippen LogP contribution in [0.3, 0.4) is 0 Å². The van der Waals surface area contributed by atoms with Crippen molar-refractivity contribution in [3.63, 3.8) is 0 Å². The van der Waals surface area contributed by atoms with Crippen molar-refractivity contribution >= 4 is 22.9 Å². The molecule has 0 aliphatic heterocycles. The Bertz CT molecular complexity index is 904. The first-order chi connectivity index (χ1) is 12.5. The number of rotatable bonds is 7. The number of nitrogens with one attached hydrogen (secondary N) is 2. The number of aryl methyl sites for hydroxylation is 2. The van der Waals surface area contributed by atoms with Crippen molar-refractivity contribution < 1.29 is 5.11 Å². The zero-order chi connectivity index (χ0) is 18.7. The molecule has 8 nitrogen and oxygen atoms in total. The van der Waals surface area contributed by atoms with Crippen LogP contribution in [0.2, 0.25) is 0 Å². The summed E-state index contributed by atoms with van der Waals surface area (Å²) in [5.41, 5.74) is 8.91. The van der Waals surface area contributed by atoms with Crippen LogP contribution in [0.1, 0.15) is 25.0 Å². The molecular formula is C18H25N7O. The van der Waals surface area contributed by atoms with Gasteiger partial charge in [0.15, 0.2) is 17.0 Å². The van der Waals surface area contributed by atoms with Crippen molar-refractivity contribution in [3.8, 4) is 5.75 Å². The van der Waals surface area contributed by atoms with E-state index in [0.717, 1.165) is 23.3 Å². The number of imidazole rings is 1. The molecule has 0 fully saturated rings. The second-order valence-corrected chi connectivity index (χ2v) is 6.39. The second-order valence-electron chi connectivity index (χ2n) is 6.39. The molecule has 0 radical (unpaired) electrons. The third kappa shape index (κ3) is 3.70. The van der Waals surface area contributed by atoms with Gasteiger partial charge in [-0.15, -0.1) is 0 Å². The molecule has 26 heavy (non-hydrogen) atoms. The monoisotopic (exact) mass is 355 g/mol. The van der Waals surface area contributed by atoms with E-state index in [-0.39, 0.29) is 6.04 Å². The van der Waals surface area contributed by atoms with Gasteiger partial charge in [0, 0.05) is 31.2 Å². The van der Waals surface area contributed by atoms with Crippen molar-refractivity contribution in [1.29, 1.82) is 0 Å². The molecule has 3 rings (SSSR count). The van der Waals surface area contributed by atoms with Gasteiger partial charge in [-0.25, -0.2) is 4.98 Å². The Labute approximate surface area is 152 Å². The van der Waals surface area contributed by atoms with Crippen molar-refractivity contribution in [2.75, 3.05) is 17.2 Å². The number of phenols is 1. The van der Waals surface area contributed by atoms with Crippen LogP contribution in [0.5, 0.6) is 5.75 Å². The van der Waals surface area contributed by atoms with Crippen LogP contribution in [-0.4, -0.2) is 37.2 Å². The first-order valence-corrected chi connectivity index (χ1v) is 8.73. The first-order valence-electron chi connectivity index (χ1n) is 8.73. The zero-order valence-corrected chi connectivity index (χ0v) is 15.3. The number of anilines is 2. The Balaban J connectivity index is 1.92. The Kier molecular flexibility index (Phi) is 5.22. The minimum Gasteiger partial charge on any atom is -0.507 e. The van der Waals surface area contributed by atoms with Gasteiger partial charge in [0.2, 0.25) is 5.95 Å². The average molecular weight is 355 g/mol. The van der Waals surface area contributed by atoms with Crippen molar-refractivity contribution in [3.05, 3.63) is 35.7 Å². The van der Waals surface area contributed by atoms with E-state index in [1.54, 1.807) is 6.33 Å². The Morgan fingerprint density at radius 1 is 1.27 bits per heavy atom. The van der Waals surface area contributed by atoms with Gasteiger partial charge in [-0.1, -0.05) is 18.2 Å². The molecule has 0 bridgehead atoms. The van der Waals surface area contributed by atoms with Crippen LogP contribution in [0.25, 0.3) is 11.2 Å². The third-order valence-electron chi connectivity index (χ3n) is 4.15. The second kappa shape index (κ2) is 7.57. The highest BCUT2D eigenvalue weighted by Gasteiger charge is 2.14. The highest BCUT2D eigenvalue weighted by Crippen LogP contribution is 2.25. The van der Waals surface area contributed by atoms with Gasteiger partial charge in [-0.3, -0.25) is 0 Å². The number of para-hydroxylation sites is 1. The summed E-state index contributed by atoms with van der Waals surface area (Å²) in [5, 5.41) is 16.7. The lowest BCUT2D eigenvalue weighted by Gasteiger charge is -2.12. The molecule has 1 atom stereocenters. The minimum absolute atomic E-state index is 0.00830. The SMILES string of the molecule is CCn1cnc2c(NCc3cccc(C)c3O)nc(NCC(C)N)nc21. The molecule has 2 heterocycles. The Morgan fingerprint density at radius 2 is 2.08 bits per heavy atom. The number of hydrogen-bond acceptors (Lipinski definition) is 7. The molecule has 0 aliphatic carbocycles. The van der Waals surface area contributed by atoms with Crippen LogP contribution in [0.4, 0.5) is 11.8 Å². The molecule has 0 spiro atoms. The average Bonchev–Trinajstić information content (AvgIpc) is 3.04. The standard InChI is InChI=1S/C18H25N7O/c1-4-25-10-22-14-16(20-9-13-7-5-6-11(2)15(13)26)23-18(24-17(14)25)21-8-12(3)19/h5-7,10,12,26H,4,8-9,19H2,1-3H3,(H2,20,21,23,24). The maximum atomic E-state index is 10.2. The van der Waals surface area contributed by atoms with Gasteiger partial charge >= 0.3 is 0 Å². The Morgan fingerprint density at radius 3 is 2.81 bits per heavy atom. The third-order valence-corrected chi connectivity index (χ3v) is 4.15. The van der Waals surface area contributed by atoms with Crippen molar-refractivity contribution in [1.82, 2.24) is 19.5 Å². The molecule has 0 aliphatic rings. The summed E-state index contributed by atoms with van der Waals surface area (Å²) in [6, 6.07) is 5.67. The fraction of sp³-hybridized carbons (Fsp3) is 0.389. The van der Waals surface area contributed by atoms with Gasteiger partial charge in [-0.05, 0) is 26.3 Å². The quantitative estimate of drug-likeness (QED) is 0.514. The summed E-state index contributed by atoms with van der Waals surface area (Å²) < 4.78 is 1.96. The summed E-state index contributed by atoms with van der Waals surface area (Å²) in [4.78, 5) is 13.5. The van der Waals surface area contributed by atoms with E-state index in [9.17, 15) is 5.11 Å². The molecule has 8 heteroatoms. The number of nitrogens with two attached hydrogens (primary N) is 1. The van der Waals surface area contributed by atoms with Gasteiger partial charge in [0.25, 0.3) is 0 Å². The number of phenolic OH excluding ortho intramolecular Hbond substituents is 1. The number of benzene rings is 1. The summed E-state index contributed by atoms with van der Waals surface area (Å²) in [6.45, 7) is 7.60. The number of hydrogen-bond donors (Lipinski definition) is 4. The van der Waals surface area contributed by atoms with Gasteiger partial charge in [0.1, 0.15) is 5.75 Å². The number of nitrogens with zero attached hydrogens (tertiary/aromatic N) is 4. The molecule has 0 saturated carbocycles. The van der Waals surface area contributed by atoms with Crippen LogP contribution in [0.15, 0.2) is 24.5 Å². The van der Waals surface area contributed by atoms with Crippen molar-refractivity contribution in [2.24, 2.45) is 5.73 Å². The lowest BCUT2D eigenvalue weighted by Crippen LogP contribution is -2.26. The summed E-state index contributed by atoms with van der Waals surface area (Å²) in [5.74, 6) is 1.41. The first kappa shape index (κ1) is 17.9. The minimum atomic E-state index is -0.00830. The van der Waals surface area contributed by atoms with Crippen LogP contribution in [-0.2, 0) is 13.1 Å². The van der Waals surface area contributed by atoms with E-state index >= 15 is 0 Å². The maximum Gasteiger partial charge on any atom is 0.226 e. The fourth-order valence-corrected chi connectivity index (χ4v) is 2.67. The molecule has 0 saturated heterocycles. The van der Waals surface area contributed by atoms with Crippen molar-refractivity contribution in [2.45, 2.75) is 39.9 Å². The van der Waals surface area contributed by atoms with Gasteiger partial charge in [0.05, 0.1) is 6.33 Å². The van der Waals surface area contributed by atoms with Crippen LogP contribution in [0, 0.1) is 6.92 Å². The topological polar surface area (TPSA) is 114 Å². The van der Waals surface area contributed by atoms with E-state index in [2.05, 4.69) is 25.6 Å². The Hall–Kier alpha value is -2.87. The fourth-order valence-electron chi connectivity index (χ4n) is 2.67. The highest BCUT2D eigenvalue weighted by atomic mass is 16.3. The van der Waals surface area contributed by atoms with E-state index < -0.39 is 0 Å². The van der Waals surface area contributed by atoms with E-state index in [0.29, 0.717) is 36.1 Å². The summed E-state index contributed by atoms with van der Waals surface area (Å²) in [6.07, 6.45) is 1.75. The molecule has 2 aromatic heterocycles.